The van der Waals surface area contributed by atoms with Crippen LogP contribution in [0.25, 0.3) is 11.3 Å². The van der Waals surface area contributed by atoms with Crippen molar-refractivity contribution in [1.29, 1.82) is 0 Å². The van der Waals surface area contributed by atoms with Crippen LogP contribution in [0.4, 0.5) is 17.6 Å². The molecule has 0 aliphatic rings. The maximum atomic E-state index is 13.5. The molecule has 1 aromatic heterocycles. The van der Waals surface area contributed by atoms with E-state index in [0.717, 1.165) is 0 Å². The Kier molecular flexibility index (Phi) is 6.23. The van der Waals surface area contributed by atoms with E-state index in [1.807, 2.05) is 0 Å². The summed E-state index contributed by atoms with van der Waals surface area (Å²) in [6.07, 6.45) is -3.27. The Morgan fingerprint density at radius 1 is 1.27 bits per heavy atom. The third kappa shape index (κ3) is 4.53. The summed E-state index contributed by atoms with van der Waals surface area (Å²) in [7, 11) is 0. The Hall–Kier alpha value is -2.57. The second-order valence-electron chi connectivity index (χ2n) is 5.69. The first-order chi connectivity index (χ1) is 12.3. The molecule has 0 saturated carbocycles. The van der Waals surface area contributed by atoms with Gasteiger partial charge in [-0.2, -0.15) is 13.2 Å². The van der Waals surface area contributed by atoms with Gasteiger partial charge >= 0.3 is 6.18 Å². The van der Waals surface area contributed by atoms with Gasteiger partial charge in [-0.15, -0.1) is 0 Å². The molecule has 1 N–H and O–H groups in total. The SMILES string of the molecule is C=CNCC(c1cc(C)c(OCC)c(-c2ccc(F)cc2)n1)C(F)(F)F. The summed E-state index contributed by atoms with van der Waals surface area (Å²) in [5.41, 5.74) is 1.14. The summed E-state index contributed by atoms with van der Waals surface area (Å²) in [6.45, 7) is 6.77. The molecule has 1 atom stereocenters. The molecule has 0 spiro atoms. The number of hydrogen-bond acceptors (Lipinski definition) is 3. The number of aromatic nitrogens is 1. The minimum Gasteiger partial charge on any atom is -0.491 e. The molecule has 26 heavy (non-hydrogen) atoms. The number of rotatable bonds is 7. The number of nitrogens with zero attached hydrogens (tertiary/aromatic N) is 1. The normalized spacial score (nSPS) is 12.5. The van der Waals surface area contributed by atoms with E-state index in [1.54, 1.807) is 13.8 Å². The lowest BCUT2D eigenvalue weighted by Gasteiger charge is -2.22. The molecule has 140 valence electrons. The predicted octanol–water partition coefficient (Wildman–Crippen LogP) is 4.97. The lowest BCUT2D eigenvalue weighted by atomic mass is 9.99. The maximum Gasteiger partial charge on any atom is 0.398 e. The molecule has 7 heteroatoms. The third-order valence-electron chi connectivity index (χ3n) is 3.80. The number of halogens is 4. The number of alkyl halides is 3. The Morgan fingerprint density at radius 2 is 1.92 bits per heavy atom. The average Bonchev–Trinajstić information content (AvgIpc) is 2.57. The van der Waals surface area contributed by atoms with Crippen LogP contribution in [0.1, 0.15) is 24.1 Å². The molecule has 2 aromatic rings. The molecular weight excluding hydrogens is 348 g/mol. The van der Waals surface area contributed by atoms with Crippen LogP contribution >= 0.6 is 0 Å². The Morgan fingerprint density at radius 3 is 2.46 bits per heavy atom. The highest BCUT2D eigenvalue weighted by molar-refractivity contribution is 5.68. The van der Waals surface area contributed by atoms with Crippen LogP contribution in [0.3, 0.4) is 0 Å². The summed E-state index contributed by atoms with van der Waals surface area (Å²) < 4.78 is 59.3. The van der Waals surface area contributed by atoms with Crippen LogP contribution in [0, 0.1) is 12.7 Å². The quantitative estimate of drug-likeness (QED) is 0.701. The average molecular weight is 368 g/mol. The number of hydrogen-bond donors (Lipinski definition) is 1. The van der Waals surface area contributed by atoms with Gasteiger partial charge in [-0.25, -0.2) is 9.37 Å². The minimum atomic E-state index is -4.48. The van der Waals surface area contributed by atoms with Gasteiger partial charge in [0.1, 0.15) is 23.2 Å². The van der Waals surface area contributed by atoms with Gasteiger partial charge in [0.2, 0.25) is 0 Å². The first-order valence-corrected chi connectivity index (χ1v) is 8.09. The summed E-state index contributed by atoms with van der Waals surface area (Å²) >= 11 is 0. The van der Waals surface area contributed by atoms with Crippen LogP contribution in [-0.4, -0.2) is 24.3 Å². The molecule has 2 rings (SSSR count). The van der Waals surface area contributed by atoms with E-state index in [0.29, 0.717) is 23.5 Å². The third-order valence-corrected chi connectivity index (χ3v) is 3.80. The Bertz CT molecular complexity index is 757. The lowest BCUT2D eigenvalue weighted by molar-refractivity contribution is -0.149. The summed E-state index contributed by atoms with van der Waals surface area (Å²) in [6, 6.07) is 6.77. The molecular formula is C19H20F4N2O. The van der Waals surface area contributed by atoms with Gasteiger partial charge in [0.15, 0.2) is 0 Å². The Balaban J connectivity index is 2.61. The molecule has 1 aromatic carbocycles. The van der Waals surface area contributed by atoms with Gasteiger partial charge in [-0.3, -0.25) is 0 Å². The monoisotopic (exact) mass is 368 g/mol. The predicted molar refractivity (Wildman–Crippen MR) is 92.5 cm³/mol. The van der Waals surface area contributed by atoms with Crippen molar-refractivity contribution in [3.63, 3.8) is 0 Å². The van der Waals surface area contributed by atoms with Gasteiger partial charge in [-0.05, 0) is 55.9 Å². The second kappa shape index (κ2) is 8.21. The molecule has 0 saturated heterocycles. The minimum absolute atomic E-state index is 0.132. The molecule has 0 aliphatic carbocycles. The van der Waals surface area contributed by atoms with Crippen LogP contribution in [0.2, 0.25) is 0 Å². The lowest BCUT2D eigenvalue weighted by Crippen LogP contribution is -2.30. The van der Waals surface area contributed by atoms with E-state index in [4.69, 9.17) is 4.74 Å². The van der Waals surface area contributed by atoms with E-state index in [2.05, 4.69) is 16.9 Å². The number of pyridine rings is 1. The first kappa shape index (κ1) is 19.8. The van der Waals surface area contributed by atoms with Crippen LogP contribution in [0.15, 0.2) is 43.1 Å². The van der Waals surface area contributed by atoms with Crippen molar-refractivity contribution in [1.82, 2.24) is 10.3 Å². The van der Waals surface area contributed by atoms with Gasteiger partial charge in [0.25, 0.3) is 0 Å². The zero-order valence-corrected chi connectivity index (χ0v) is 14.5. The molecule has 0 bridgehead atoms. The number of nitrogens with one attached hydrogen (secondary N) is 1. The number of benzene rings is 1. The first-order valence-electron chi connectivity index (χ1n) is 8.09. The van der Waals surface area contributed by atoms with Crippen molar-refractivity contribution in [3.8, 4) is 17.0 Å². The largest absolute Gasteiger partial charge is 0.491 e. The van der Waals surface area contributed by atoms with Crippen molar-refractivity contribution in [2.24, 2.45) is 0 Å². The molecule has 0 radical (unpaired) electrons. The van der Waals surface area contributed by atoms with Crippen molar-refractivity contribution in [2.75, 3.05) is 13.2 Å². The topological polar surface area (TPSA) is 34.1 Å². The van der Waals surface area contributed by atoms with E-state index >= 15 is 0 Å². The fourth-order valence-corrected chi connectivity index (χ4v) is 2.58. The van der Waals surface area contributed by atoms with Crippen molar-refractivity contribution in [3.05, 3.63) is 60.2 Å². The van der Waals surface area contributed by atoms with Crippen molar-refractivity contribution < 1.29 is 22.3 Å². The Labute approximate surface area is 149 Å². The maximum absolute atomic E-state index is 13.5. The van der Waals surface area contributed by atoms with Crippen LogP contribution in [0.5, 0.6) is 5.75 Å². The van der Waals surface area contributed by atoms with E-state index in [9.17, 15) is 17.6 Å². The number of aryl methyl sites for hydroxylation is 1. The van der Waals surface area contributed by atoms with E-state index in [1.165, 1.54) is 36.5 Å². The smallest absolute Gasteiger partial charge is 0.398 e. The highest BCUT2D eigenvalue weighted by atomic mass is 19.4. The summed E-state index contributed by atoms with van der Waals surface area (Å²) in [5, 5.41) is 2.50. The van der Waals surface area contributed by atoms with Crippen LogP contribution < -0.4 is 10.1 Å². The molecule has 3 nitrogen and oxygen atoms in total. The van der Waals surface area contributed by atoms with E-state index in [-0.39, 0.29) is 17.9 Å². The zero-order valence-electron chi connectivity index (χ0n) is 14.5. The second-order valence-corrected chi connectivity index (χ2v) is 5.69. The molecule has 0 amide bonds. The standard InChI is InChI=1S/C19H20F4N2O/c1-4-24-11-15(19(21,22)23)16-10-12(3)18(26-5-2)17(25-16)13-6-8-14(20)9-7-13/h4,6-10,15,24H,1,5,11H2,2-3H3. The summed E-state index contributed by atoms with van der Waals surface area (Å²) in [5.74, 6) is -1.86. The highest BCUT2D eigenvalue weighted by Crippen LogP contribution is 2.38. The zero-order chi connectivity index (χ0) is 19.3. The van der Waals surface area contributed by atoms with Gasteiger partial charge in [0.05, 0.1) is 12.3 Å². The van der Waals surface area contributed by atoms with Gasteiger partial charge in [-0.1, -0.05) is 6.58 Å². The fraction of sp³-hybridized carbons (Fsp3) is 0.316. The van der Waals surface area contributed by atoms with Crippen molar-refractivity contribution in [2.45, 2.75) is 25.9 Å². The highest BCUT2D eigenvalue weighted by Gasteiger charge is 2.42. The van der Waals surface area contributed by atoms with Gasteiger partial charge in [0, 0.05) is 12.1 Å². The molecule has 1 heterocycles. The summed E-state index contributed by atoms with van der Waals surface area (Å²) in [4.78, 5) is 4.23. The van der Waals surface area contributed by atoms with Crippen molar-refractivity contribution >= 4 is 0 Å². The molecule has 1 unspecified atom stereocenters. The molecule has 0 aliphatic heterocycles. The number of ether oxygens (including phenoxy) is 1. The molecule has 0 fully saturated rings. The van der Waals surface area contributed by atoms with Crippen LogP contribution in [-0.2, 0) is 0 Å². The fourth-order valence-electron chi connectivity index (χ4n) is 2.58. The van der Waals surface area contributed by atoms with Gasteiger partial charge < -0.3 is 10.1 Å². The van der Waals surface area contributed by atoms with E-state index < -0.39 is 17.9 Å².